The van der Waals surface area contributed by atoms with Crippen LogP contribution in [0.3, 0.4) is 0 Å². The fourth-order valence-electron chi connectivity index (χ4n) is 2.95. The molecule has 3 heteroatoms. The second-order valence-electron chi connectivity index (χ2n) is 5.14. The largest absolute Gasteiger partial charge is 0.365 e. The zero-order chi connectivity index (χ0) is 13.4. The summed E-state index contributed by atoms with van der Waals surface area (Å²) >= 11 is 0. The van der Waals surface area contributed by atoms with Crippen molar-refractivity contribution in [3.05, 3.63) is 60.6 Å². The molecule has 0 aliphatic carbocycles. The quantitative estimate of drug-likeness (QED) is 0.881. The van der Waals surface area contributed by atoms with Crippen LogP contribution in [0.4, 0.5) is 0 Å². The lowest BCUT2D eigenvalue weighted by atomic mass is 9.95. The first-order valence-corrected chi connectivity index (χ1v) is 6.55. The molecule has 3 rings (SSSR count). The third kappa shape index (κ3) is 1.96. The highest BCUT2D eigenvalue weighted by Crippen LogP contribution is 2.30. The normalized spacial score (nSPS) is 19.1. The van der Waals surface area contributed by atoms with Gasteiger partial charge in [0.05, 0.1) is 6.04 Å². The summed E-state index contributed by atoms with van der Waals surface area (Å²) < 4.78 is 0. The smallest absolute Gasteiger partial charge is 0.0534 e. The second kappa shape index (κ2) is 4.59. The molecule has 2 aromatic rings. The number of H-pyrrole nitrogens is 1. The van der Waals surface area contributed by atoms with E-state index in [0.29, 0.717) is 6.04 Å². The standard InChI is InChI=1S/C16H19N3/c1-4-17-11(2)16-9-13-12-7-5-6-8-14(12)18-15(13)10-19(16)3/h4-8,16-18H,1-2,9-10H2,3H3. The van der Waals surface area contributed by atoms with E-state index < -0.39 is 0 Å². The molecule has 0 saturated carbocycles. The van der Waals surface area contributed by atoms with Gasteiger partial charge in [0.1, 0.15) is 0 Å². The number of para-hydroxylation sites is 1. The monoisotopic (exact) mass is 253 g/mol. The van der Waals surface area contributed by atoms with Crippen LogP contribution in [-0.2, 0) is 13.0 Å². The van der Waals surface area contributed by atoms with Crippen molar-refractivity contribution in [2.24, 2.45) is 0 Å². The van der Waals surface area contributed by atoms with E-state index in [9.17, 15) is 0 Å². The van der Waals surface area contributed by atoms with Crippen molar-refractivity contribution in [2.75, 3.05) is 7.05 Å². The molecule has 1 aromatic heterocycles. The van der Waals surface area contributed by atoms with Crippen molar-refractivity contribution >= 4 is 10.9 Å². The Kier molecular flexibility index (Phi) is 2.91. The molecular weight excluding hydrogens is 234 g/mol. The van der Waals surface area contributed by atoms with Crippen LogP contribution in [0.2, 0.25) is 0 Å². The molecular formula is C16H19N3. The maximum atomic E-state index is 4.12. The van der Waals surface area contributed by atoms with E-state index in [0.717, 1.165) is 18.7 Å². The third-order valence-corrected chi connectivity index (χ3v) is 3.93. The summed E-state index contributed by atoms with van der Waals surface area (Å²) in [5, 5.41) is 4.47. The summed E-state index contributed by atoms with van der Waals surface area (Å²) in [4.78, 5) is 5.84. The number of aromatic amines is 1. The number of rotatable bonds is 3. The molecule has 2 heterocycles. The molecule has 1 unspecified atom stereocenters. The fraction of sp³-hybridized carbons (Fsp3) is 0.250. The predicted octanol–water partition coefficient (Wildman–Crippen LogP) is 2.77. The number of fused-ring (bicyclic) bond motifs is 3. The van der Waals surface area contributed by atoms with Gasteiger partial charge in [0.15, 0.2) is 0 Å². The maximum Gasteiger partial charge on any atom is 0.0534 e. The molecule has 0 fully saturated rings. The number of likely N-dealkylation sites (N-methyl/N-ethyl adjacent to an activating group) is 1. The van der Waals surface area contributed by atoms with Gasteiger partial charge in [-0.25, -0.2) is 0 Å². The van der Waals surface area contributed by atoms with E-state index in [1.165, 1.54) is 22.2 Å². The topological polar surface area (TPSA) is 31.1 Å². The van der Waals surface area contributed by atoms with Crippen LogP contribution in [0, 0.1) is 0 Å². The molecule has 3 nitrogen and oxygen atoms in total. The Balaban J connectivity index is 2.01. The van der Waals surface area contributed by atoms with Gasteiger partial charge in [0.2, 0.25) is 0 Å². The lowest BCUT2D eigenvalue weighted by Gasteiger charge is -2.33. The zero-order valence-corrected chi connectivity index (χ0v) is 11.2. The molecule has 2 N–H and O–H groups in total. The van der Waals surface area contributed by atoms with Crippen molar-refractivity contribution in [1.82, 2.24) is 15.2 Å². The average Bonchev–Trinajstić information content (AvgIpc) is 2.75. The van der Waals surface area contributed by atoms with Crippen molar-refractivity contribution < 1.29 is 0 Å². The van der Waals surface area contributed by atoms with Crippen molar-refractivity contribution in [2.45, 2.75) is 19.0 Å². The Morgan fingerprint density at radius 3 is 3.05 bits per heavy atom. The SMILES string of the molecule is C=CNC(=C)C1Cc2c([nH]c3ccccc23)CN1C. The minimum atomic E-state index is 0.310. The van der Waals surface area contributed by atoms with Crippen LogP contribution in [0.1, 0.15) is 11.3 Å². The molecule has 0 bridgehead atoms. The molecule has 98 valence electrons. The molecule has 1 aliphatic rings. The number of nitrogens with zero attached hydrogens (tertiary/aromatic N) is 1. The average molecular weight is 253 g/mol. The van der Waals surface area contributed by atoms with E-state index in [2.05, 4.69) is 59.7 Å². The van der Waals surface area contributed by atoms with Gasteiger partial charge in [0, 0.05) is 28.8 Å². The Morgan fingerprint density at radius 2 is 2.26 bits per heavy atom. The molecule has 19 heavy (non-hydrogen) atoms. The molecule has 0 saturated heterocycles. The van der Waals surface area contributed by atoms with E-state index in [4.69, 9.17) is 0 Å². The van der Waals surface area contributed by atoms with Crippen molar-refractivity contribution in [3.63, 3.8) is 0 Å². The van der Waals surface area contributed by atoms with Gasteiger partial charge in [-0.2, -0.15) is 0 Å². The fourth-order valence-corrected chi connectivity index (χ4v) is 2.95. The predicted molar refractivity (Wildman–Crippen MR) is 79.7 cm³/mol. The molecule has 0 radical (unpaired) electrons. The molecule has 0 amide bonds. The highest BCUT2D eigenvalue weighted by atomic mass is 15.2. The summed E-state index contributed by atoms with van der Waals surface area (Å²) in [5.74, 6) is 0. The van der Waals surface area contributed by atoms with Gasteiger partial charge in [-0.3, -0.25) is 4.90 Å². The third-order valence-electron chi connectivity index (χ3n) is 3.93. The summed E-state index contributed by atoms with van der Waals surface area (Å²) in [6.45, 7) is 8.75. The summed E-state index contributed by atoms with van der Waals surface area (Å²) in [6, 6.07) is 8.81. The summed E-state index contributed by atoms with van der Waals surface area (Å²) in [6.07, 6.45) is 2.68. The minimum Gasteiger partial charge on any atom is -0.365 e. The highest BCUT2D eigenvalue weighted by Gasteiger charge is 2.27. The molecule has 1 aromatic carbocycles. The minimum absolute atomic E-state index is 0.310. The van der Waals surface area contributed by atoms with E-state index in [1.54, 1.807) is 6.20 Å². The van der Waals surface area contributed by atoms with Crippen LogP contribution in [0.25, 0.3) is 10.9 Å². The van der Waals surface area contributed by atoms with Crippen molar-refractivity contribution in [3.8, 4) is 0 Å². The van der Waals surface area contributed by atoms with Gasteiger partial charge in [-0.1, -0.05) is 31.4 Å². The lowest BCUT2D eigenvalue weighted by Crippen LogP contribution is -2.41. The number of hydrogen-bond acceptors (Lipinski definition) is 2. The van der Waals surface area contributed by atoms with Crippen LogP contribution in [-0.4, -0.2) is 23.0 Å². The zero-order valence-electron chi connectivity index (χ0n) is 11.2. The first kappa shape index (κ1) is 12.1. The molecule has 1 atom stereocenters. The van der Waals surface area contributed by atoms with Gasteiger partial charge in [0.25, 0.3) is 0 Å². The number of aromatic nitrogens is 1. The van der Waals surface area contributed by atoms with Crippen molar-refractivity contribution in [1.29, 1.82) is 0 Å². The van der Waals surface area contributed by atoms with Gasteiger partial charge in [-0.15, -0.1) is 0 Å². The number of hydrogen-bond donors (Lipinski definition) is 2. The Bertz CT molecular complexity index is 638. The number of benzene rings is 1. The van der Waals surface area contributed by atoms with E-state index in [-0.39, 0.29) is 0 Å². The Hall–Kier alpha value is -2.00. The van der Waals surface area contributed by atoms with Crippen LogP contribution in [0.5, 0.6) is 0 Å². The Morgan fingerprint density at radius 1 is 1.47 bits per heavy atom. The molecule has 1 aliphatic heterocycles. The van der Waals surface area contributed by atoms with Crippen LogP contribution >= 0.6 is 0 Å². The van der Waals surface area contributed by atoms with Crippen LogP contribution in [0.15, 0.2) is 49.3 Å². The first-order chi connectivity index (χ1) is 9.20. The summed E-state index contributed by atoms with van der Waals surface area (Å²) in [7, 11) is 2.13. The van der Waals surface area contributed by atoms with Gasteiger partial charge in [-0.05, 0) is 31.3 Å². The van der Waals surface area contributed by atoms with Gasteiger partial charge >= 0.3 is 0 Å². The molecule has 0 spiro atoms. The summed E-state index contributed by atoms with van der Waals surface area (Å²) in [5.41, 5.74) is 4.98. The first-order valence-electron chi connectivity index (χ1n) is 6.55. The van der Waals surface area contributed by atoms with E-state index in [1.807, 2.05) is 0 Å². The van der Waals surface area contributed by atoms with E-state index >= 15 is 0 Å². The lowest BCUT2D eigenvalue weighted by molar-refractivity contribution is 0.237. The number of nitrogens with one attached hydrogen (secondary N) is 2. The van der Waals surface area contributed by atoms with Crippen LogP contribution < -0.4 is 5.32 Å². The maximum absolute atomic E-state index is 4.12. The van der Waals surface area contributed by atoms with Gasteiger partial charge < -0.3 is 10.3 Å². The highest BCUT2D eigenvalue weighted by molar-refractivity contribution is 5.85. The Labute approximate surface area is 113 Å². The second-order valence-corrected chi connectivity index (χ2v) is 5.14.